The van der Waals surface area contributed by atoms with E-state index < -0.39 is 11.7 Å². The Morgan fingerprint density at radius 1 is 1.10 bits per heavy atom. The van der Waals surface area contributed by atoms with E-state index >= 15 is 0 Å². The number of rotatable bonds is 8. The highest BCUT2D eigenvalue weighted by Crippen LogP contribution is 2.15. The molecule has 30 heavy (non-hydrogen) atoms. The van der Waals surface area contributed by atoms with Crippen molar-refractivity contribution >= 4 is 12.1 Å². The molecule has 0 saturated carbocycles. The molecule has 162 valence electrons. The second-order valence-electron chi connectivity index (χ2n) is 7.83. The Kier molecular flexibility index (Phi) is 9.12. The SMILES string of the molecule is CCNC(=NCC(NC(=O)OC(C)(C)C)c1ccccc1)NCCc1ccccn1. The summed E-state index contributed by atoms with van der Waals surface area (Å²) in [5, 5.41) is 9.50. The van der Waals surface area contributed by atoms with Crippen LogP contribution in [0.25, 0.3) is 0 Å². The van der Waals surface area contributed by atoms with Crippen molar-refractivity contribution in [1.29, 1.82) is 0 Å². The van der Waals surface area contributed by atoms with Gasteiger partial charge >= 0.3 is 6.09 Å². The van der Waals surface area contributed by atoms with Gasteiger partial charge in [-0.1, -0.05) is 36.4 Å². The van der Waals surface area contributed by atoms with Crippen LogP contribution >= 0.6 is 0 Å². The number of nitrogens with zero attached hydrogens (tertiary/aromatic N) is 2. The molecule has 0 saturated heterocycles. The number of benzene rings is 1. The van der Waals surface area contributed by atoms with Crippen LogP contribution in [0.15, 0.2) is 59.7 Å². The van der Waals surface area contributed by atoms with Gasteiger partial charge in [0.1, 0.15) is 5.60 Å². The first-order chi connectivity index (χ1) is 14.4. The van der Waals surface area contributed by atoms with Gasteiger partial charge in [-0.05, 0) is 45.4 Å². The summed E-state index contributed by atoms with van der Waals surface area (Å²) in [6, 6.07) is 15.4. The molecule has 1 unspecified atom stereocenters. The summed E-state index contributed by atoms with van der Waals surface area (Å²) in [5.74, 6) is 0.695. The minimum absolute atomic E-state index is 0.299. The Morgan fingerprint density at radius 3 is 2.47 bits per heavy atom. The number of aromatic nitrogens is 1. The molecule has 3 N–H and O–H groups in total. The minimum atomic E-state index is -0.559. The van der Waals surface area contributed by atoms with Crippen LogP contribution in [0.3, 0.4) is 0 Å². The second-order valence-corrected chi connectivity index (χ2v) is 7.83. The monoisotopic (exact) mass is 411 g/mol. The van der Waals surface area contributed by atoms with Crippen molar-refractivity contribution in [2.24, 2.45) is 4.99 Å². The topological polar surface area (TPSA) is 87.6 Å². The number of amides is 1. The molecule has 7 heteroatoms. The molecule has 0 aliphatic rings. The maximum Gasteiger partial charge on any atom is 0.408 e. The van der Waals surface area contributed by atoms with Gasteiger partial charge < -0.3 is 20.7 Å². The molecule has 0 bridgehead atoms. The van der Waals surface area contributed by atoms with Gasteiger partial charge in [-0.3, -0.25) is 9.98 Å². The van der Waals surface area contributed by atoms with E-state index in [2.05, 4.69) is 25.9 Å². The minimum Gasteiger partial charge on any atom is -0.444 e. The van der Waals surface area contributed by atoms with Crippen molar-refractivity contribution < 1.29 is 9.53 Å². The zero-order valence-corrected chi connectivity index (χ0v) is 18.3. The number of carbonyl (C=O) groups is 1. The van der Waals surface area contributed by atoms with Crippen LogP contribution in [0.5, 0.6) is 0 Å². The molecule has 0 aliphatic heterocycles. The maximum absolute atomic E-state index is 12.3. The molecular formula is C23H33N5O2. The van der Waals surface area contributed by atoms with E-state index in [0.717, 1.165) is 24.2 Å². The molecular weight excluding hydrogens is 378 g/mol. The molecule has 0 aliphatic carbocycles. The van der Waals surface area contributed by atoms with Crippen molar-refractivity contribution in [2.75, 3.05) is 19.6 Å². The number of carbonyl (C=O) groups excluding carboxylic acids is 1. The highest BCUT2D eigenvalue weighted by atomic mass is 16.6. The van der Waals surface area contributed by atoms with Gasteiger partial charge in [-0.25, -0.2) is 4.79 Å². The van der Waals surface area contributed by atoms with Crippen molar-refractivity contribution in [3.05, 3.63) is 66.0 Å². The third-order valence-corrected chi connectivity index (χ3v) is 4.07. The molecule has 0 fully saturated rings. The third-order valence-electron chi connectivity index (χ3n) is 4.07. The molecule has 1 amide bonds. The highest BCUT2D eigenvalue weighted by Gasteiger charge is 2.20. The summed E-state index contributed by atoms with van der Waals surface area (Å²) >= 11 is 0. The fourth-order valence-electron chi connectivity index (χ4n) is 2.75. The first-order valence-electron chi connectivity index (χ1n) is 10.3. The fourth-order valence-corrected chi connectivity index (χ4v) is 2.75. The van der Waals surface area contributed by atoms with Gasteiger partial charge in [0.25, 0.3) is 0 Å². The smallest absolute Gasteiger partial charge is 0.408 e. The van der Waals surface area contributed by atoms with Crippen LogP contribution in [-0.4, -0.2) is 42.3 Å². The molecule has 1 heterocycles. The van der Waals surface area contributed by atoms with Gasteiger partial charge in [-0.15, -0.1) is 0 Å². The first-order valence-corrected chi connectivity index (χ1v) is 10.3. The first kappa shape index (κ1) is 23.2. The van der Waals surface area contributed by atoms with Gasteiger partial charge in [0.2, 0.25) is 0 Å². The second kappa shape index (κ2) is 11.8. The van der Waals surface area contributed by atoms with E-state index in [1.807, 2.05) is 76.2 Å². The van der Waals surface area contributed by atoms with Crippen molar-refractivity contribution in [3.8, 4) is 0 Å². The predicted molar refractivity (Wildman–Crippen MR) is 120 cm³/mol. The van der Waals surface area contributed by atoms with Crippen LogP contribution < -0.4 is 16.0 Å². The number of alkyl carbamates (subject to hydrolysis) is 1. The molecule has 2 aromatic rings. The van der Waals surface area contributed by atoms with Crippen LogP contribution in [0, 0.1) is 0 Å². The lowest BCUT2D eigenvalue weighted by Crippen LogP contribution is -2.40. The number of aliphatic imine (C=N–C) groups is 1. The van der Waals surface area contributed by atoms with Crippen molar-refractivity contribution in [1.82, 2.24) is 20.9 Å². The Labute approximate surface area is 179 Å². The van der Waals surface area contributed by atoms with Gasteiger partial charge in [0.15, 0.2) is 5.96 Å². The Bertz CT molecular complexity index is 788. The lowest BCUT2D eigenvalue weighted by Gasteiger charge is -2.23. The summed E-state index contributed by atoms with van der Waals surface area (Å²) in [4.78, 5) is 21.3. The number of hydrogen-bond donors (Lipinski definition) is 3. The molecule has 0 spiro atoms. The quantitative estimate of drug-likeness (QED) is 0.457. The van der Waals surface area contributed by atoms with E-state index in [4.69, 9.17) is 4.74 Å². The highest BCUT2D eigenvalue weighted by molar-refractivity contribution is 5.79. The Morgan fingerprint density at radius 2 is 1.83 bits per heavy atom. The largest absolute Gasteiger partial charge is 0.444 e. The summed E-state index contributed by atoms with van der Waals surface area (Å²) in [5.41, 5.74) is 1.43. The Hall–Kier alpha value is -3.09. The predicted octanol–water partition coefficient (Wildman–Crippen LogP) is 3.45. The number of hydrogen-bond acceptors (Lipinski definition) is 4. The zero-order valence-electron chi connectivity index (χ0n) is 18.3. The van der Waals surface area contributed by atoms with E-state index in [1.54, 1.807) is 6.20 Å². The third kappa shape index (κ3) is 8.94. The van der Waals surface area contributed by atoms with Crippen LogP contribution in [0.2, 0.25) is 0 Å². The summed E-state index contributed by atoms with van der Waals surface area (Å²) in [6.45, 7) is 9.38. The standard InChI is InChI=1S/C23H33N5O2/c1-5-24-21(26-16-14-19-13-9-10-15-25-19)27-17-20(18-11-7-6-8-12-18)28-22(29)30-23(2,3)4/h6-13,15,20H,5,14,16-17H2,1-4H3,(H,28,29)(H2,24,26,27). The Balaban J connectivity index is 2.03. The fraction of sp³-hybridized carbons (Fsp3) is 0.435. The van der Waals surface area contributed by atoms with Crippen LogP contribution in [0.1, 0.15) is 45.0 Å². The molecule has 1 aromatic heterocycles. The lowest BCUT2D eigenvalue weighted by atomic mass is 10.1. The summed E-state index contributed by atoms with van der Waals surface area (Å²) in [6.07, 6.45) is 2.13. The van der Waals surface area contributed by atoms with E-state index in [1.165, 1.54) is 0 Å². The molecule has 2 rings (SSSR count). The van der Waals surface area contributed by atoms with Gasteiger partial charge in [-0.2, -0.15) is 0 Å². The van der Waals surface area contributed by atoms with Gasteiger partial charge in [0, 0.05) is 31.4 Å². The lowest BCUT2D eigenvalue weighted by molar-refractivity contribution is 0.0505. The average molecular weight is 412 g/mol. The number of pyridine rings is 1. The van der Waals surface area contributed by atoms with E-state index in [0.29, 0.717) is 19.0 Å². The molecule has 1 atom stereocenters. The molecule has 1 aromatic carbocycles. The normalized spacial score (nSPS) is 12.7. The van der Waals surface area contributed by atoms with Crippen molar-refractivity contribution in [3.63, 3.8) is 0 Å². The summed E-state index contributed by atoms with van der Waals surface area (Å²) in [7, 11) is 0. The van der Waals surface area contributed by atoms with Crippen LogP contribution in [-0.2, 0) is 11.2 Å². The van der Waals surface area contributed by atoms with E-state index in [9.17, 15) is 4.79 Å². The number of ether oxygens (including phenoxy) is 1. The number of nitrogens with one attached hydrogen (secondary N) is 3. The molecule has 0 radical (unpaired) electrons. The van der Waals surface area contributed by atoms with Crippen molar-refractivity contribution in [2.45, 2.75) is 45.8 Å². The van der Waals surface area contributed by atoms with Gasteiger partial charge in [0.05, 0.1) is 12.6 Å². The number of guanidine groups is 1. The van der Waals surface area contributed by atoms with E-state index in [-0.39, 0.29) is 6.04 Å². The molecule has 7 nitrogen and oxygen atoms in total. The van der Waals surface area contributed by atoms with Crippen LogP contribution in [0.4, 0.5) is 4.79 Å². The zero-order chi connectivity index (χ0) is 21.8. The summed E-state index contributed by atoms with van der Waals surface area (Å²) < 4.78 is 5.42. The maximum atomic E-state index is 12.3. The average Bonchev–Trinajstić information content (AvgIpc) is 2.71.